The van der Waals surface area contributed by atoms with E-state index in [0.717, 1.165) is 38.0 Å². The van der Waals surface area contributed by atoms with Gasteiger partial charge in [0.15, 0.2) is 11.5 Å². The number of pyridine rings is 1. The molecule has 4 N–H and O–H groups in total. The lowest BCUT2D eigenvalue weighted by atomic mass is 9.96. The van der Waals surface area contributed by atoms with Crippen LogP contribution in [0.3, 0.4) is 0 Å². The fourth-order valence-corrected chi connectivity index (χ4v) is 5.10. The lowest BCUT2D eigenvalue weighted by Gasteiger charge is -2.32. The molecule has 2 heterocycles. The van der Waals surface area contributed by atoms with Crippen molar-refractivity contribution >= 4 is 29.2 Å². The maximum Gasteiger partial charge on any atom is 0.268 e. The first-order valence-corrected chi connectivity index (χ1v) is 12.8. The molecule has 1 amide bonds. The summed E-state index contributed by atoms with van der Waals surface area (Å²) in [7, 11) is 0. The summed E-state index contributed by atoms with van der Waals surface area (Å²) in [6.45, 7) is 3.26. The number of likely N-dealkylation sites (tertiary alicyclic amines) is 1. The molecule has 0 unspecified atom stereocenters. The molecule has 1 fully saturated rings. The number of carbonyl (C=O) groups is 1. The van der Waals surface area contributed by atoms with Crippen molar-refractivity contribution in [2.45, 2.75) is 25.9 Å². The van der Waals surface area contributed by atoms with E-state index in [2.05, 4.69) is 22.3 Å². The SMILES string of the molecule is Cl.O=C(NCC1CCN(Cc2ccccc2)CC1)c1c(O)c2cc(O)c(O)cc2n(Cc2ccccc2)c1=O. The molecule has 8 nitrogen and oxygen atoms in total. The zero-order valence-electron chi connectivity index (χ0n) is 21.4. The van der Waals surface area contributed by atoms with Crippen LogP contribution < -0.4 is 10.9 Å². The number of carbonyl (C=O) groups excluding carboxylic acids is 1. The molecule has 1 aliphatic heterocycles. The van der Waals surface area contributed by atoms with Gasteiger partial charge in [0.25, 0.3) is 11.5 Å². The lowest BCUT2D eigenvalue weighted by Crippen LogP contribution is -2.40. The summed E-state index contributed by atoms with van der Waals surface area (Å²) >= 11 is 0. The Morgan fingerprint density at radius 3 is 2.03 bits per heavy atom. The van der Waals surface area contributed by atoms with Gasteiger partial charge in [-0.2, -0.15) is 0 Å². The topological polar surface area (TPSA) is 115 Å². The molecule has 204 valence electrons. The third-order valence-electron chi connectivity index (χ3n) is 7.25. The summed E-state index contributed by atoms with van der Waals surface area (Å²) in [6, 6.07) is 21.9. The van der Waals surface area contributed by atoms with Crippen molar-refractivity contribution in [3.63, 3.8) is 0 Å². The third-order valence-corrected chi connectivity index (χ3v) is 7.25. The Labute approximate surface area is 232 Å². The normalized spacial score (nSPS) is 14.2. The molecule has 0 atom stereocenters. The van der Waals surface area contributed by atoms with Gasteiger partial charge in [0.2, 0.25) is 0 Å². The molecule has 9 heteroatoms. The molecule has 1 aromatic heterocycles. The van der Waals surface area contributed by atoms with Crippen molar-refractivity contribution in [3.05, 3.63) is 99.8 Å². The van der Waals surface area contributed by atoms with Crippen LogP contribution >= 0.6 is 12.4 Å². The Hall–Kier alpha value is -4.01. The minimum atomic E-state index is -0.667. The van der Waals surface area contributed by atoms with E-state index in [1.807, 2.05) is 48.5 Å². The van der Waals surface area contributed by atoms with Crippen LogP contribution in [0.15, 0.2) is 77.6 Å². The van der Waals surface area contributed by atoms with Gasteiger partial charge in [-0.05, 0) is 49.0 Å². The van der Waals surface area contributed by atoms with E-state index in [1.165, 1.54) is 22.3 Å². The number of phenols is 2. The highest BCUT2D eigenvalue weighted by Gasteiger charge is 2.25. The highest BCUT2D eigenvalue weighted by Crippen LogP contribution is 2.35. The van der Waals surface area contributed by atoms with Crippen LogP contribution in [0.25, 0.3) is 10.9 Å². The number of aromatic nitrogens is 1. The highest BCUT2D eigenvalue weighted by molar-refractivity contribution is 6.03. The summed E-state index contributed by atoms with van der Waals surface area (Å²) in [6.07, 6.45) is 1.84. The molecular formula is C30H32ClN3O5. The van der Waals surface area contributed by atoms with Crippen molar-refractivity contribution in [2.24, 2.45) is 5.92 Å². The van der Waals surface area contributed by atoms with Crippen molar-refractivity contribution in [1.29, 1.82) is 0 Å². The first-order chi connectivity index (χ1) is 18.4. The van der Waals surface area contributed by atoms with Gasteiger partial charge in [0.05, 0.1) is 12.1 Å². The largest absolute Gasteiger partial charge is 0.506 e. The molecule has 0 radical (unpaired) electrons. The quantitative estimate of drug-likeness (QED) is 0.256. The smallest absolute Gasteiger partial charge is 0.268 e. The number of nitrogens with zero attached hydrogens (tertiary/aromatic N) is 2. The van der Waals surface area contributed by atoms with E-state index in [4.69, 9.17) is 0 Å². The van der Waals surface area contributed by atoms with Crippen LogP contribution in [0, 0.1) is 5.92 Å². The summed E-state index contributed by atoms with van der Waals surface area (Å²) in [5, 5.41) is 34.0. The van der Waals surface area contributed by atoms with Crippen LogP contribution in [0.5, 0.6) is 17.2 Å². The Morgan fingerprint density at radius 2 is 1.41 bits per heavy atom. The van der Waals surface area contributed by atoms with Gasteiger partial charge in [-0.3, -0.25) is 14.5 Å². The standard InChI is InChI=1S/C30H31N3O5.ClH/c34-25-15-23-24(16-26(25)35)33(19-22-9-5-2-6-10-22)30(38)27(28(23)36)29(37)31-17-20-11-13-32(14-12-20)18-21-7-3-1-4-8-21;/h1-10,15-16,20,34-36H,11-14,17-19H2,(H,31,37);1H. The molecule has 0 aliphatic carbocycles. The number of rotatable bonds is 7. The van der Waals surface area contributed by atoms with Gasteiger partial charge in [-0.1, -0.05) is 60.7 Å². The number of benzene rings is 3. The Bertz CT molecular complexity index is 1500. The van der Waals surface area contributed by atoms with Crippen LogP contribution in [0.1, 0.15) is 34.3 Å². The average Bonchev–Trinajstić information content (AvgIpc) is 2.93. The Balaban J connectivity index is 0.00000353. The summed E-state index contributed by atoms with van der Waals surface area (Å²) in [4.78, 5) is 29.1. The van der Waals surface area contributed by atoms with E-state index < -0.39 is 28.7 Å². The molecule has 0 spiro atoms. The fourth-order valence-electron chi connectivity index (χ4n) is 5.10. The van der Waals surface area contributed by atoms with Gasteiger partial charge in [-0.15, -0.1) is 12.4 Å². The molecule has 1 saturated heterocycles. The molecule has 0 bridgehead atoms. The Morgan fingerprint density at radius 1 is 0.846 bits per heavy atom. The van der Waals surface area contributed by atoms with Gasteiger partial charge in [-0.25, -0.2) is 0 Å². The van der Waals surface area contributed by atoms with Crippen molar-refractivity contribution in [2.75, 3.05) is 19.6 Å². The minimum Gasteiger partial charge on any atom is -0.506 e. The van der Waals surface area contributed by atoms with Crippen LogP contribution in [-0.2, 0) is 13.1 Å². The zero-order valence-corrected chi connectivity index (χ0v) is 22.2. The van der Waals surface area contributed by atoms with E-state index in [1.54, 1.807) is 0 Å². The predicted molar refractivity (Wildman–Crippen MR) is 153 cm³/mol. The average molecular weight is 550 g/mol. The zero-order chi connectivity index (χ0) is 26.6. The first kappa shape index (κ1) is 28.0. The molecular weight excluding hydrogens is 518 g/mol. The molecule has 1 aliphatic rings. The van der Waals surface area contributed by atoms with Crippen molar-refractivity contribution in [3.8, 4) is 17.2 Å². The van der Waals surface area contributed by atoms with Crippen LogP contribution in [0.2, 0.25) is 0 Å². The second-order valence-electron chi connectivity index (χ2n) is 9.87. The highest BCUT2D eigenvalue weighted by atomic mass is 35.5. The molecule has 5 rings (SSSR count). The van der Waals surface area contributed by atoms with E-state index >= 15 is 0 Å². The second-order valence-corrected chi connectivity index (χ2v) is 9.87. The molecule has 3 aromatic carbocycles. The van der Waals surface area contributed by atoms with Crippen LogP contribution in [0.4, 0.5) is 0 Å². The molecule has 4 aromatic rings. The lowest BCUT2D eigenvalue weighted by molar-refractivity contribution is 0.0930. The van der Waals surface area contributed by atoms with Gasteiger partial charge in [0, 0.05) is 24.5 Å². The first-order valence-electron chi connectivity index (χ1n) is 12.8. The maximum absolute atomic E-state index is 13.5. The minimum absolute atomic E-state index is 0. The molecule has 39 heavy (non-hydrogen) atoms. The number of hydrogen-bond acceptors (Lipinski definition) is 6. The summed E-state index contributed by atoms with van der Waals surface area (Å²) in [5.41, 5.74) is 1.26. The third kappa shape index (κ3) is 6.19. The van der Waals surface area contributed by atoms with Crippen LogP contribution in [-0.4, -0.2) is 50.3 Å². The fraction of sp³-hybridized carbons (Fsp3) is 0.267. The number of halogens is 1. The van der Waals surface area contributed by atoms with Crippen molar-refractivity contribution < 1.29 is 20.1 Å². The summed E-state index contributed by atoms with van der Waals surface area (Å²) < 4.78 is 1.33. The predicted octanol–water partition coefficient (Wildman–Crippen LogP) is 4.23. The van der Waals surface area contributed by atoms with Crippen molar-refractivity contribution in [1.82, 2.24) is 14.8 Å². The van der Waals surface area contributed by atoms with E-state index in [-0.39, 0.29) is 41.3 Å². The maximum atomic E-state index is 13.5. The van der Waals surface area contributed by atoms with E-state index in [9.17, 15) is 24.9 Å². The molecule has 0 saturated carbocycles. The Kier molecular flexibility index (Phi) is 8.79. The monoisotopic (exact) mass is 549 g/mol. The summed E-state index contributed by atoms with van der Waals surface area (Å²) in [5.74, 6) is -1.78. The number of phenolic OH excluding ortho intramolecular Hbond substituents is 2. The van der Waals surface area contributed by atoms with Gasteiger partial charge < -0.3 is 25.2 Å². The number of hydrogen-bond donors (Lipinski definition) is 4. The second kappa shape index (κ2) is 12.2. The number of fused-ring (bicyclic) bond motifs is 1. The number of nitrogens with one attached hydrogen (secondary N) is 1. The number of amides is 1. The van der Waals surface area contributed by atoms with Gasteiger partial charge in [0.1, 0.15) is 11.3 Å². The number of piperidine rings is 1. The number of aromatic hydroxyl groups is 3. The van der Waals surface area contributed by atoms with Gasteiger partial charge >= 0.3 is 0 Å². The van der Waals surface area contributed by atoms with E-state index in [0.29, 0.717) is 6.54 Å².